The summed E-state index contributed by atoms with van der Waals surface area (Å²) in [7, 11) is -8.46. The minimum atomic E-state index is -4.45. The molecule has 0 aromatic heterocycles. The summed E-state index contributed by atoms with van der Waals surface area (Å²) in [6.45, 7) is 0.119. The number of fused-ring (bicyclic) bond motifs is 1. The molecule has 0 fully saturated rings. The minimum absolute atomic E-state index is 0.119. The first-order valence-electron chi connectivity index (χ1n) is 6.95. The lowest BCUT2D eigenvalue weighted by atomic mass is 10.1. The molecule has 0 aliphatic heterocycles. The van der Waals surface area contributed by atoms with Gasteiger partial charge in [-0.25, -0.2) is 0 Å². The predicted octanol–water partition coefficient (Wildman–Crippen LogP) is 1.72. The van der Waals surface area contributed by atoms with Crippen molar-refractivity contribution < 1.29 is 30.7 Å². The van der Waals surface area contributed by atoms with Gasteiger partial charge in [-0.2, -0.15) is 16.8 Å². The zero-order chi connectivity index (χ0) is 18.0. The van der Waals surface area contributed by atoms with Crippen LogP contribution in [0.4, 0.5) is 5.69 Å². The molecule has 132 valence electrons. The Balaban J connectivity index is 2.22. The maximum absolute atomic E-state index is 11.5. The molecule has 0 aliphatic carbocycles. The second kappa shape index (κ2) is 6.93. The van der Waals surface area contributed by atoms with Gasteiger partial charge in [0.05, 0.1) is 12.4 Å². The highest BCUT2D eigenvalue weighted by atomic mass is 32.2. The van der Waals surface area contributed by atoms with E-state index in [4.69, 9.17) is 15.0 Å². The zero-order valence-corrected chi connectivity index (χ0v) is 14.2. The van der Waals surface area contributed by atoms with Gasteiger partial charge in [0.2, 0.25) is 0 Å². The molecule has 10 heteroatoms. The van der Waals surface area contributed by atoms with Crippen LogP contribution in [-0.2, 0) is 20.2 Å². The van der Waals surface area contributed by atoms with Crippen LogP contribution in [0.5, 0.6) is 5.75 Å². The van der Waals surface area contributed by atoms with Gasteiger partial charge < -0.3 is 10.5 Å². The maximum Gasteiger partial charge on any atom is 0.295 e. The van der Waals surface area contributed by atoms with Gasteiger partial charge in [-0.1, -0.05) is 6.07 Å². The molecule has 2 aromatic carbocycles. The highest BCUT2D eigenvalue weighted by molar-refractivity contribution is 7.86. The van der Waals surface area contributed by atoms with E-state index in [0.29, 0.717) is 22.9 Å². The van der Waals surface area contributed by atoms with E-state index >= 15 is 0 Å². The molecule has 2 aromatic rings. The largest absolute Gasteiger partial charge is 0.494 e. The summed E-state index contributed by atoms with van der Waals surface area (Å²) in [5, 5.41) is 0.795. The van der Waals surface area contributed by atoms with Crippen molar-refractivity contribution in [2.24, 2.45) is 0 Å². The smallest absolute Gasteiger partial charge is 0.295 e. The van der Waals surface area contributed by atoms with Crippen molar-refractivity contribution in [1.29, 1.82) is 0 Å². The Bertz CT molecular complexity index is 952. The van der Waals surface area contributed by atoms with Crippen LogP contribution in [0.2, 0.25) is 0 Å². The molecule has 8 nitrogen and oxygen atoms in total. The highest BCUT2D eigenvalue weighted by Crippen LogP contribution is 2.30. The van der Waals surface area contributed by atoms with Gasteiger partial charge >= 0.3 is 0 Å². The Morgan fingerprint density at radius 1 is 1.00 bits per heavy atom. The zero-order valence-electron chi connectivity index (χ0n) is 12.5. The predicted molar refractivity (Wildman–Crippen MR) is 89.3 cm³/mol. The molecule has 0 saturated carbocycles. The Hall–Kier alpha value is -1.88. The fourth-order valence-electron chi connectivity index (χ4n) is 2.20. The summed E-state index contributed by atoms with van der Waals surface area (Å²) in [6.07, 6.45) is 0.542. The van der Waals surface area contributed by atoms with Crippen molar-refractivity contribution in [3.8, 4) is 5.75 Å². The monoisotopic (exact) mass is 375 g/mol. The number of hydrogen-bond acceptors (Lipinski definition) is 6. The topological polar surface area (TPSA) is 144 Å². The van der Waals surface area contributed by atoms with Gasteiger partial charge in [0.25, 0.3) is 20.2 Å². The van der Waals surface area contributed by atoms with Crippen molar-refractivity contribution in [3.63, 3.8) is 0 Å². The molecule has 0 amide bonds. The van der Waals surface area contributed by atoms with Gasteiger partial charge in [0.1, 0.15) is 10.6 Å². The van der Waals surface area contributed by atoms with Crippen molar-refractivity contribution >= 4 is 36.7 Å². The number of ether oxygens (including phenoxy) is 1. The Morgan fingerprint density at radius 3 is 2.33 bits per heavy atom. The molecule has 0 saturated heterocycles. The number of rotatable bonds is 7. The third-order valence-corrected chi connectivity index (χ3v) is 4.95. The van der Waals surface area contributed by atoms with Crippen molar-refractivity contribution in [3.05, 3.63) is 30.3 Å². The first-order chi connectivity index (χ1) is 11.1. The van der Waals surface area contributed by atoms with Crippen molar-refractivity contribution in [2.75, 3.05) is 18.1 Å². The van der Waals surface area contributed by atoms with E-state index in [2.05, 4.69) is 0 Å². The van der Waals surface area contributed by atoms with Gasteiger partial charge in [-0.15, -0.1) is 0 Å². The Labute approximate surface area is 139 Å². The van der Waals surface area contributed by atoms with Gasteiger partial charge in [-0.3, -0.25) is 9.11 Å². The molecule has 0 unspecified atom stereocenters. The van der Waals surface area contributed by atoms with Crippen LogP contribution in [0, 0.1) is 0 Å². The average molecular weight is 375 g/mol. The standard InChI is InChI=1S/C14H17NO7S2/c15-11-3-4-13-10(7-11)8-12(9-14(13)24(19,20)21)22-5-1-2-6-23(16,17)18/h3-4,7-9H,1-2,5-6,15H2,(H,16,17,18)(H,19,20,21). The molecular weight excluding hydrogens is 358 g/mol. The molecule has 2 rings (SSSR count). The second-order valence-electron chi connectivity index (χ2n) is 5.22. The third-order valence-electron chi connectivity index (χ3n) is 3.26. The van der Waals surface area contributed by atoms with E-state index in [-0.39, 0.29) is 29.4 Å². The first-order valence-corrected chi connectivity index (χ1v) is 10.00. The van der Waals surface area contributed by atoms with Crippen molar-refractivity contribution in [2.45, 2.75) is 17.7 Å². The van der Waals surface area contributed by atoms with Crippen LogP contribution in [0.3, 0.4) is 0 Å². The summed E-state index contributed by atoms with van der Waals surface area (Å²) >= 11 is 0. The number of anilines is 1. The first kappa shape index (κ1) is 18.5. The van der Waals surface area contributed by atoms with E-state index in [0.717, 1.165) is 0 Å². The molecule has 0 bridgehead atoms. The summed E-state index contributed by atoms with van der Waals surface area (Å²) < 4.78 is 67.7. The SMILES string of the molecule is Nc1ccc2c(S(=O)(=O)O)cc(OCCCCS(=O)(=O)O)cc2c1. The lowest BCUT2D eigenvalue weighted by molar-refractivity contribution is 0.308. The fraction of sp³-hybridized carbons (Fsp3) is 0.286. The van der Waals surface area contributed by atoms with Crippen LogP contribution in [0.1, 0.15) is 12.8 Å². The van der Waals surface area contributed by atoms with Crippen molar-refractivity contribution in [1.82, 2.24) is 0 Å². The maximum atomic E-state index is 11.5. The van der Waals surface area contributed by atoms with E-state index in [1.165, 1.54) is 18.2 Å². The summed E-state index contributed by atoms with van der Waals surface area (Å²) in [5.41, 5.74) is 6.11. The van der Waals surface area contributed by atoms with Gasteiger partial charge in [0, 0.05) is 17.1 Å². The molecule has 0 heterocycles. The fourth-order valence-corrected chi connectivity index (χ4v) is 3.50. The molecular formula is C14H17NO7S2. The highest BCUT2D eigenvalue weighted by Gasteiger charge is 2.16. The molecule has 0 atom stereocenters. The number of nitrogen functional groups attached to an aromatic ring is 1. The number of benzene rings is 2. The molecule has 0 spiro atoms. The Kier molecular flexibility index (Phi) is 5.33. The Morgan fingerprint density at radius 2 is 1.71 bits per heavy atom. The van der Waals surface area contributed by atoms with E-state index in [1.807, 2.05) is 0 Å². The average Bonchev–Trinajstić information content (AvgIpc) is 2.43. The molecule has 4 N–H and O–H groups in total. The minimum Gasteiger partial charge on any atom is -0.494 e. The quantitative estimate of drug-likeness (QED) is 0.377. The number of hydrogen-bond donors (Lipinski definition) is 3. The lowest BCUT2D eigenvalue weighted by Gasteiger charge is -2.10. The second-order valence-corrected chi connectivity index (χ2v) is 8.18. The molecule has 0 aliphatic rings. The van der Waals surface area contributed by atoms with E-state index < -0.39 is 20.2 Å². The van der Waals surface area contributed by atoms with Gasteiger partial charge in [0.15, 0.2) is 0 Å². The van der Waals surface area contributed by atoms with Gasteiger partial charge in [-0.05, 0) is 36.4 Å². The summed E-state index contributed by atoms with van der Waals surface area (Å²) in [6, 6.07) is 7.32. The van der Waals surface area contributed by atoms with E-state index in [1.54, 1.807) is 12.1 Å². The van der Waals surface area contributed by atoms with Crippen LogP contribution < -0.4 is 10.5 Å². The third kappa shape index (κ3) is 5.06. The summed E-state index contributed by atoms with van der Waals surface area (Å²) in [5.74, 6) is -0.173. The molecule has 0 radical (unpaired) electrons. The van der Waals surface area contributed by atoms with Crippen LogP contribution in [0.25, 0.3) is 10.8 Å². The molecule has 24 heavy (non-hydrogen) atoms. The van der Waals surface area contributed by atoms with Crippen LogP contribution in [0.15, 0.2) is 35.2 Å². The van der Waals surface area contributed by atoms with Crippen LogP contribution >= 0.6 is 0 Å². The number of nitrogens with two attached hydrogens (primary N) is 1. The number of unbranched alkanes of at least 4 members (excludes halogenated alkanes) is 1. The van der Waals surface area contributed by atoms with E-state index in [9.17, 15) is 21.4 Å². The lowest BCUT2D eigenvalue weighted by Crippen LogP contribution is -2.06. The summed E-state index contributed by atoms with van der Waals surface area (Å²) in [4.78, 5) is -0.298. The normalized spacial score (nSPS) is 12.4. The van der Waals surface area contributed by atoms with Crippen LogP contribution in [-0.4, -0.2) is 38.3 Å².